The zero-order valence-electron chi connectivity index (χ0n) is 26.2. The molecule has 0 amide bonds. The fourth-order valence-electron chi connectivity index (χ4n) is 5.51. The molecular formula is C36H33ClFN5O3Si. The van der Waals surface area contributed by atoms with Crippen LogP contribution in [0.3, 0.4) is 0 Å². The predicted molar refractivity (Wildman–Crippen MR) is 184 cm³/mol. The Labute approximate surface area is 280 Å². The molecule has 0 saturated heterocycles. The molecule has 6 rings (SSSR count). The Bertz CT molecular complexity index is 1910. The van der Waals surface area contributed by atoms with Gasteiger partial charge in [-0.2, -0.15) is 0 Å². The summed E-state index contributed by atoms with van der Waals surface area (Å²) in [6.07, 6.45) is 6.72. The van der Waals surface area contributed by atoms with E-state index in [2.05, 4.69) is 58.4 Å². The van der Waals surface area contributed by atoms with Crippen molar-refractivity contribution in [2.24, 2.45) is 0 Å². The third-order valence-corrected chi connectivity index (χ3v) is 9.21. The predicted octanol–water partition coefficient (Wildman–Crippen LogP) is 8.48. The first-order valence-electron chi connectivity index (χ1n) is 15.0. The molecule has 2 aromatic heterocycles. The summed E-state index contributed by atoms with van der Waals surface area (Å²) in [6, 6.07) is 27.1. The van der Waals surface area contributed by atoms with Crippen molar-refractivity contribution in [2.45, 2.75) is 31.3 Å². The summed E-state index contributed by atoms with van der Waals surface area (Å²) in [5.74, 6) is 1.30. The number of anilines is 2. The molecule has 0 bridgehead atoms. The van der Waals surface area contributed by atoms with E-state index in [1.165, 1.54) is 23.5 Å². The fraction of sp³-hybridized carbons (Fsp3) is 0.194. The molecule has 0 fully saturated rings. The van der Waals surface area contributed by atoms with E-state index in [4.69, 9.17) is 25.5 Å². The average Bonchev–Trinajstić information content (AvgIpc) is 3.60. The number of hydrogen-bond acceptors (Lipinski definition) is 7. The van der Waals surface area contributed by atoms with Crippen LogP contribution in [0.15, 0.2) is 110 Å². The van der Waals surface area contributed by atoms with Crippen LogP contribution in [0.1, 0.15) is 30.9 Å². The van der Waals surface area contributed by atoms with E-state index in [1.807, 2.05) is 47.2 Å². The van der Waals surface area contributed by atoms with Crippen LogP contribution in [0.5, 0.6) is 17.2 Å². The van der Waals surface area contributed by atoms with Crippen LogP contribution >= 0.6 is 11.6 Å². The number of halogens is 2. The van der Waals surface area contributed by atoms with Gasteiger partial charge in [0.25, 0.3) is 0 Å². The Morgan fingerprint density at radius 1 is 0.936 bits per heavy atom. The molecule has 0 aliphatic rings. The van der Waals surface area contributed by atoms with Crippen LogP contribution in [0.2, 0.25) is 10.1 Å². The molecule has 0 unspecified atom stereocenters. The molecule has 4 aromatic carbocycles. The second kappa shape index (κ2) is 14.2. The molecule has 6 aromatic rings. The van der Waals surface area contributed by atoms with Crippen LogP contribution in [-0.2, 0) is 6.54 Å². The first-order chi connectivity index (χ1) is 22.8. The second-order valence-electron chi connectivity index (χ2n) is 11.5. The lowest BCUT2D eigenvalue weighted by Crippen LogP contribution is -2.27. The largest absolute Gasteiger partial charge is 0.539 e. The highest BCUT2D eigenvalue weighted by atomic mass is 35.5. The summed E-state index contributed by atoms with van der Waals surface area (Å²) in [6.45, 7) is 5.36. The zero-order chi connectivity index (χ0) is 32.8. The van der Waals surface area contributed by atoms with Gasteiger partial charge in [-0.3, -0.25) is 0 Å². The standard InChI is InChI=1S/C36H33ClFN5O3Si/c1-36(2,34(24-10-6-4-7-11-24)25-12-8-5-9-13-25)47-46-31-21-30(28(38)19-27(31)37)42-35-26-18-32(44-3)33(20-29(26)40-22-41-35)45-17-16-43-15-14-39-23-43/h4-15,18-23,34H,16-17H2,1-3H3,(H,40,41,42). The number of hydrogen-bond donors (Lipinski definition) is 1. The van der Waals surface area contributed by atoms with Crippen LogP contribution < -0.4 is 19.2 Å². The van der Waals surface area contributed by atoms with Gasteiger partial charge in [-0.25, -0.2) is 19.3 Å². The van der Waals surface area contributed by atoms with E-state index in [0.717, 1.165) is 0 Å². The van der Waals surface area contributed by atoms with E-state index < -0.39 is 5.82 Å². The number of methoxy groups -OCH3 is 1. The molecule has 1 N–H and O–H groups in total. The fourth-order valence-corrected chi connectivity index (χ4v) is 6.76. The topological polar surface area (TPSA) is 83.3 Å². The first-order valence-corrected chi connectivity index (χ1v) is 16.3. The first kappa shape index (κ1) is 32.0. The van der Waals surface area contributed by atoms with E-state index in [-0.39, 0.29) is 31.4 Å². The Morgan fingerprint density at radius 2 is 1.66 bits per heavy atom. The molecule has 238 valence electrons. The molecule has 8 nitrogen and oxygen atoms in total. The van der Waals surface area contributed by atoms with Crippen molar-refractivity contribution >= 4 is 43.8 Å². The number of fused-ring (bicyclic) bond motifs is 1. The van der Waals surface area contributed by atoms with Gasteiger partial charge in [0.05, 0.1) is 36.2 Å². The lowest BCUT2D eigenvalue weighted by molar-refractivity contribution is 0.280. The van der Waals surface area contributed by atoms with Crippen LogP contribution in [0, 0.1) is 5.82 Å². The van der Waals surface area contributed by atoms with Gasteiger partial charge in [0.15, 0.2) is 11.5 Å². The number of ether oxygens (including phenoxy) is 2. The normalized spacial score (nSPS) is 11.5. The third-order valence-electron chi connectivity index (χ3n) is 7.77. The molecule has 11 heteroatoms. The second-order valence-corrected chi connectivity index (χ2v) is 13.6. The van der Waals surface area contributed by atoms with E-state index >= 15 is 4.39 Å². The van der Waals surface area contributed by atoms with Gasteiger partial charge >= 0.3 is 9.76 Å². The summed E-state index contributed by atoms with van der Waals surface area (Å²) in [7, 11) is 1.56. The maximum atomic E-state index is 15.3. The molecule has 0 aliphatic carbocycles. The highest BCUT2D eigenvalue weighted by Crippen LogP contribution is 2.46. The van der Waals surface area contributed by atoms with Gasteiger partial charge in [0.1, 0.15) is 30.3 Å². The van der Waals surface area contributed by atoms with Crippen molar-refractivity contribution in [3.8, 4) is 17.2 Å². The van der Waals surface area contributed by atoms with Gasteiger partial charge in [0, 0.05) is 40.9 Å². The molecular weight excluding hydrogens is 633 g/mol. The highest BCUT2D eigenvalue weighted by molar-refractivity contribution is 6.36. The van der Waals surface area contributed by atoms with Crippen molar-refractivity contribution in [1.29, 1.82) is 0 Å². The molecule has 0 spiro atoms. The zero-order valence-corrected chi connectivity index (χ0v) is 27.9. The van der Waals surface area contributed by atoms with E-state index in [9.17, 15) is 0 Å². The Kier molecular flexibility index (Phi) is 9.70. The van der Waals surface area contributed by atoms with Gasteiger partial charge in [-0.15, -0.1) is 0 Å². The highest BCUT2D eigenvalue weighted by Gasteiger charge is 2.35. The SMILES string of the molecule is COc1cc2c(Nc3cc(O[Si]C(C)(C)C(c4ccccc4)c4ccccc4)c(Cl)cc3F)ncnc2cc1OCCn1ccnc1. The molecule has 47 heavy (non-hydrogen) atoms. The maximum absolute atomic E-state index is 15.3. The average molecular weight is 666 g/mol. The van der Waals surface area contributed by atoms with Gasteiger partial charge in [0.2, 0.25) is 0 Å². The number of nitrogens with zero attached hydrogens (tertiary/aromatic N) is 4. The molecule has 0 aliphatic heterocycles. The van der Waals surface area contributed by atoms with Crippen molar-refractivity contribution < 1.29 is 18.3 Å². The minimum Gasteiger partial charge on any atom is -0.539 e. The number of aromatic nitrogens is 4. The minimum atomic E-state index is -0.547. The van der Waals surface area contributed by atoms with Crippen LogP contribution in [0.4, 0.5) is 15.9 Å². The number of rotatable bonds is 13. The Morgan fingerprint density at radius 3 is 2.32 bits per heavy atom. The molecule has 0 atom stereocenters. The van der Waals surface area contributed by atoms with E-state index in [0.29, 0.717) is 47.1 Å². The summed E-state index contributed by atoms with van der Waals surface area (Å²) in [5, 5.41) is 3.60. The third kappa shape index (κ3) is 7.39. The van der Waals surface area contributed by atoms with Crippen molar-refractivity contribution in [1.82, 2.24) is 19.5 Å². The quantitative estimate of drug-likeness (QED) is 0.124. The number of nitrogens with one attached hydrogen (secondary N) is 1. The molecule has 2 heterocycles. The summed E-state index contributed by atoms with van der Waals surface area (Å²) in [4.78, 5) is 12.9. The summed E-state index contributed by atoms with van der Waals surface area (Å²) >= 11 is 6.52. The summed E-state index contributed by atoms with van der Waals surface area (Å²) < 4.78 is 35.2. The molecule has 0 saturated carbocycles. The van der Waals surface area contributed by atoms with Crippen LogP contribution in [0.25, 0.3) is 10.9 Å². The smallest absolute Gasteiger partial charge is 0.318 e. The van der Waals surface area contributed by atoms with Crippen molar-refractivity contribution in [3.05, 3.63) is 132 Å². The number of benzene rings is 4. The summed E-state index contributed by atoms with van der Waals surface area (Å²) in [5.41, 5.74) is 3.13. The van der Waals surface area contributed by atoms with Gasteiger partial charge in [-0.1, -0.05) is 86.1 Å². The maximum Gasteiger partial charge on any atom is 0.318 e. The van der Waals surface area contributed by atoms with Crippen molar-refractivity contribution in [2.75, 3.05) is 19.0 Å². The minimum absolute atomic E-state index is 0.00274. The Balaban J connectivity index is 1.23. The lowest BCUT2D eigenvalue weighted by Gasteiger charge is -2.34. The van der Waals surface area contributed by atoms with E-state index in [1.54, 1.807) is 37.8 Å². The van der Waals surface area contributed by atoms with Gasteiger partial charge < -0.3 is 23.8 Å². The van der Waals surface area contributed by atoms with Crippen LogP contribution in [-0.4, -0.2) is 43.0 Å². The Hall–Kier alpha value is -4.93. The molecule has 2 radical (unpaired) electrons. The lowest BCUT2D eigenvalue weighted by atomic mass is 9.82. The number of imidazole rings is 1. The van der Waals surface area contributed by atoms with Crippen molar-refractivity contribution in [3.63, 3.8) is 0 Å². The van der Waals surface area contributed by atoms with Gasteiger partial charge in [-0.05, 0) is 23.3 Å². The monoisotopic (exact) mass is 665 g/mol.